The Bertz CT molecular complexity index is 1980. The van der Waals surface area contributed by atoms with Gasteiger partial charge in [0.05, 0.1) is 22.9 Å². The van der Waals surface area contributed by atoms with Gasteiger partial charge in [0, 0.05) is 56.6 Å². The van der Waals surface area contributed by atoms with Crippen molar-refractivity contribution in [2.75, 3.05) is 60.9 Å². The zero-order valence-corrected chi connectivity index (χ0v) is 30.1. The van der Waals surface area contributed by atoms with Crippen molar-refractivity contribution in [3.05, 3.63) is 70.9 Å². The van der Waals surface area contributed by atoms with Crippen LogP contribution < -0.4 is 26.2 Å². The number of imide groups is 2. The van der Waals surface area contributed by atoms with Crippen LogP contribution in [0.2, 0.25) is 0 Å². The van der Waals surface area contributed by atoms with Gasteiger partial charge in [0.2, 0.25) is 11.8 Å². The van der Waals surface area contributed by atoms with Gasteiger partial charge >= 0.3 is 0 Å². The van der Waals surface area contributed by atoms with Crippen molar-refractivity contribution in [3.8, 4) is 0 Å². The SMILES string of the molecule is NC(=O)c1nnc(N2CCCC(O)C2)cc1Nc1ccc(C2CCN(CC3CCN(c4ccc5c(c4)C(=O)N(C4CCC(=O)NC4=O)C5=O)C3)CC2)cc1. The zero-order valence-electron chi connectivity index (χ0n) is 30.1. The number of rotatable bonds is 9. The number of hydrogen-bond acceptors (Lipinski definition) is 12. The summed E-state index contributed by atoms with van der Waals surface area (Å²) in [6, 6.07) is 14.4. The lowest BCUT2D eigenvalue weighted by Gasteiger charge is -2.34. The van der Waals surface area contributed by atoms with E-state index in [1.54, 1.807) is 18.2 Å². The predicted molar refractivity (Wildman–Crippen MR) is 200 cm³/mol. The third-order valence-corrected chi connectivity index (χ3v) is 11.6. The quantitative estimate of drug-likeness (QED) is 0.235. The second-order valence-corrected chi connectivity index (χ2v) is 15.2. The van der Waals surface area contributed by atoms with Crippen LogP contribution in [0.5, 0.6) is 0 Å². The summed E-state index contributed by atoms with van der Waals surface area (Å²) in [5.41, 5.74) is 9.75. The first-order valence-corrected chi connectivity index (χ1v) is 18.9. The number of nitrogens with two attached hydrogens (primary N) is 1. The van der Waals surface area contributed by atoms with Gasteiger partial charge in [-0.15, -0.1) is 10.2 Å². The Morgan fingerprint density at radius 2 is 1.63 bits per heavy atom. The van der Waals surface area contributed by atoms with Crippen molar-refractivity contribution in [2.24, 2.45) is 11.7 Å². The third kappa shape index (κ3) is 7.12. The number of β-amino-alcohol motifs (C(OH)–C–C–N with tert-alkyl or cyclic N) is 1. The first-order valence-electron chi connectivity index (χ1n) is 18.9. The molecule has 5 aliphatic rings. The van der Waals surface area contributed by atoms with Gasteiger partial charge in [0.15, 0.2) is 11.5 Å². The summed E-state index contributed by atoms with van der Waals surface area (Å²) in [6.07, 6.45) is 4.55. The van der Waals surface area contributed by atoms with Crippen LogP contribution in [0.1, 0.15) is 87.6 Å². The van der Waals surface area contributed by atoms with Gasteiger partial charge in [-0.25, -0.2) is 0 Å². The largest absolute Gasteiger partial charge is 0.391 e. The Balaban J connectivity index is 0.835. The normalized spacial score (nSPS) is 23.9. The molecule has 5 aliphatic heterocycles. The number of fused-ring (bicyclic) bond motifs is 1. The molecule has 8 rings (SSSR count). The molecule has 3 aromatic rings. The smallest absolute Gasteiger partial charge is 0.271 e. The van der Waals surface area contributed by atoms with Crippen molar-refractivity contribution in [1.29, 1.82) is 0 Å². The van der Waals surface area contributed by atoms with E-state index in [-0.39, 0.29) is 18.5 Å². The van der Waals surface area contributed by atoms with Crippen molar-refractivity contribution >= 4 is 52.4 Å². The number of hydrogen-bond donors (Lipinski definition) is 4. The maximum atomic E-state index is 13.3. The molecule has 4 saturated heterocycles. The second-order valence-electron chi connectivity index (χ2n) is 15.2. The summed E-state index contributed by atoms with van der Waals surface area (Å²) in [7, 11) is 0. The molecule has 2 aromatic carbocycles. The molecular weight excluding hydrogens is 690 g/mol. The zero-order chi connectivity index (χ0) is 37.5. The lowest BCUT2D eigenvalue weighted by atomic mass is 9.89. The lowest BCUT2D eigenvalue weighted by Crippen LogP contribution is -2.54. The number of aromatic nitrogens is 2. The summed E-state index contributed by atoms with van der Waals surface area (Å²) < 4.78 is 0. The van der Waals surface area contributed by atoms with E-state index in [4.69, 9.17) is 5.73 Å². The number of primary amides is 1. The molecule has 54 heavy (non-hydrogen) atoms. The number of piperidine rings is 3. The minimum Gasteiger partial charge on any atom is -0.391 e. The van der Waals surface area contributed by atoms with Crippen LogP contribution in [-0.2, 0) is 9.59 Å². The number of aliphatic hydroxyl groups is 1. The maximum Gasteiger partial charge on any atom is 0.271 e. The average Bonchev–Trinajstić information content (AvgIpc) is 3.73. The van der Waals surface area contributed by atoms with Crippen LogP contribution in [0.25, 0.3) is 0 Å². The highest BCUT2D eigenvalue weighted by molar-refractivity contribution is 6.23. The van der Waals surface area contributed by atoms with Gasteiger partial charge in [-0.1, -0.05) is 12.1 Å². The number of carbonyl (C=O) groups is 5. The van der Waals surface area contributed by atoms with E-state index in [0.717, 1.165) is 87.6 Å². The molecule has 5 N–H and O–H groups in total. The van der Waals surface area contributed by atoms with Gasteiger partial charge in [-0.3, -0.25) is 34.2 Å². The van der Waals surface area contributed by atoms with Crippen LogP contribution in [0.15, 0.2) is 48.5 Å². The summed E-state index contributed by atoms with van der Waals surface area (Å²) in [6.45, 7) is 5.95. The minimum atomic E-state index is -0.973. The molecule has 15 nitrogen and oxygen atoms in total. The van der Waals surface area contributed by atoms with Gasteiger partial charge in [0.25, 0.3) is 17.7 Å². The van der Waals surface area contributed by atoms with E-state index < -0.39 is 41.7 Å². The molecule has 0 radical (unpaired) electrons. The number of nitrogens with zero attached hydrogens (tertiary/aromatic N) is 6. The van der Waals surface area contributed by atoms with Crippen LogP contribution in [0.4, 0.5) is 22.9 Å². The molecule has 1 aromatic heterocycles. The minimum absolute atomic E-state index is 0.0652. The van der Waals surface area contributed by atoms with Crippen LogP contribution in [0.3, 0.4) is 0 Å². The van der Waals surface area contributed by atoms with Crippen molar-refractivity contribution in [2.45, 2.75) is 63.0 Å². The van der Waals surface area contributed by atoms with Crippen molar-refractivity contribution in [3.63, 3.8) is 0 Å². The van der Waals surface area contributed by atoms with Gasteiger partial charge < -0.3 is 30.9 Å². The Hall–Kier alpha value is -5.41. The predicted octanol–water partition coefficient (Wildman–Crippen LogP) is 2.39. The molecule has 282 valence electrons. The molecule has 0 bridgehead atoms. The Kier molecular flexibility index (Phi) is 9.75. The number of aliphatic hydroxyl groups excluding tert-OH is 1. The summed E-state index contributed by atoms with van der Waals surface area (Å²) in [5.74, 6) is -1.12. The van der Waals surface area contributed by atoms with E-state index in [2.05, 4.69) is 42.8 Å². The molecule has 5 amide bonds. The number of anilines is 4. The number of likely N-dealkylation sites (tertiary alicyclic amines) is 1. The van der Waals surface area contributed by atoms with Crippen LogP contribution in [-0.4, -0.2) is 113 Å². The lowest BCUT2D eigenvalue weighted by molar-refractivity contribution is -0.136. The molecular formula is C39H45N9O6. The highest BCUT2D eigenvalue weighted by atomic mass is 16.3. The highest BCUT2D eigenvalue weighted by Gasteiger charge is 2.45. The van der Waals surface area contributed by atoms with Gasteiger partial charge in [0.1, 0.15) is 6.04 Å². The van der Waals surface area contributed by atoms with Gasteiger partial charge in [-0.05, 0) is 99.3 Å². The summed E-state index contributed by atoms with van der Waals surface area (Å²) in [4.78, 5) is 70.4. The molecule has 3 atom stereocenters. The van der Waals surface area contributed by atoms with Crippen molar-refractivity contribution in [1.82, 2.24) is 25.3 Å². The Morgan fingerprint density at radius 1 is 0.852 bits per heavy atom. The topological polar surface area (TPSA) is 194 Å². The molecule has 0 aliphatic carbocycles. The van der Waals surface area contributed by atoms with E-state index in [9.17, 15) is 29.1 Å². The van der Waals surface area contributed by atoms with Gasteiger partial charge in [-0.2, -0.15) is 0 Å². The van der Waals surface area contributed by atoms with Crippen LogP contribution in [0, 0.1) is 5.92 Å². The number of nitrogens with one attached hydrogen (secondary N) is 2. The van der Waals surface area contributed by atoms with E-state index in [0.29, 0.717) is 41.0 Å². The monoisotopic (exact) mass is 735 g/mol. The fourth-order valence-corrected chi connectivity index (χ4v) is 8.66. The highest BCUT2D eigenvalue weighted by Crippen LogP contribution is 2.35. The fraction of sp³-hybridized carbons (Fsp3) is 0.462. The first kappa shape index (κ1) is 35.6. The number of benzene rings is 2. The average molecular weight is 736 g/mol. The van der Waals surface area contributed by atoms with E-state index in [1.807, 2.05) is 23.1 Å². The molecule has 3 unspecified atom stereocenters. The van der Waals surface area contributed by atoms with E-state index >= 15 is 0 Å². The molecule has 0 saturated carbocycles. The Morgan fingerprint density at radius 3 is 2.37 bits per heavy atom. The summed E-state index contributed by atoms with van der Waals surface area (Å²) in [5, 5.41) is 24.0. The van der Waals surface area contributed by atoms with E-state index in [1.165, 1.54) is 5.56 Å². The molecule has 15 heteroatoms. The van der Waals surface area contributed by atoms with Crippen LogP contribution >= 0.6 is 0 Å². The number of carbonyl (C=O) groups excluding carboxylic acids is 5. The second kappa shape index (κ2) is 14.8. The maximum absolute atomic E-state index is 13.3. The summed E-state index contributed by atoms with van der Waals surface area (Å²) >= 11 is 0. The standard InChI is InChI=1S/C39H45N9O6/c40-36(51)35-31(19-33(43-44-35)47-14-1-2-28(49)22-47)41-26-5-3-24(4-6-26)25-12-15-45(16-13-25)20-23-11-17-46(21-23)27-7-8-29-30(18-27)39(54)48(38(29)53)32-9-10-34(50)42-37(32)52/h3-8,18-19,23,25,28,32,49H,1-2,9-17,20-22H2,(H2,40,51)(H,41,43)(H,42,50,52). The molecule has 0 spiro atoms. The third-order valence-electron chi connectivity index (χ3n) is 11.6. The first-order chi connectivity index (χ1) is 26.1. The number of amides is 5. The fourth-order valence-electron chi connectivity index (χ4n) is 8.66. The molecule has 4 fully saturated rings. The Labute approximate surface area is 312 Å². The molecule has 6 heterocycles. The van der Waals surface area contributed by atoms with Crippen molar-refractivity contribution < 1.29 is 29.1 Å².